The molecule has 1 aliphatic rings. The molecule has 138 valence electrons. The van der Waals surface area contributed by atoms with Crippen LogP contribution in [0.4, 0.5) is 13.2 Å². The maximum Gasteiger partial charge on any atom is 0.431 e. The van der Waals surface area contributed by atoms with Gasteiger partial charge in [0.2, 0.25) is 0 Å². The van der Waals surface area contributed by atoms with E-state index < -0.39 is 23.3 Å². The zero-order valence-electron chi connectivity index (χ0n) is 14.0. The van der Waals surface area contributed by atoms with Gasteiger partial charge in [-0.15, -0.1) is 0 Å². The van der Waals surface area contributed by atoms with E-state index in [9.17, 15) is 22.8 Å². The van der Waals surface area contributed by atoms with Gasteiger partial charge in [-0.2, -0.15) is 13.2 Å². The lowest BCUT2D eigenvalue weighted by molar-refractivity contribution is -0.141. The van der Waals surface area contributed by atoms with E-state index in [1.807, 2.05) is 25.1 Å². The van der Waals surface area contributed by atoms with E-state index in [2.05, 4.69) is 5.32 Å². The summed E-state index contributed by atoms with van der Waals surface area (Å²) in [5.74, 6) is -0.716. The maximum absolute atomic E-state index is 12.6. The quantitative estimate of drug-likeness (QED) is 0.765. The molecule has 26 heavy (non-hydrogen) atoms. The van der Waals surface area contributed by atoms with Crippen LogP contribution in [-0.2, 0) is 6.18 Å². The summed E-state index contributed by atoms with van der Waals surface area (Å²) in [7, 11) is 0. The lowest BCUT2D eigenvalue weighted by Crippen LogP contribution is -2.36. The molecule has 2 aromatic rings. The number of hydrogen-bond donors (Lipinski definition) is 3. The minimum absolute atomic E-state index is 0.132. The van der Waals surface area contributed by atoms with Crippen molar-refractivity contribution in [1.29, 1.82) is 0 Å². The second-order valence-corrected chi connectivity index (χ2v) is 6.45. The average molecular weight is 365 g/mol. The van der Waals surface area contributed by atoms with Gasteiger partial charge >= 0.3 is 6.18 Å². The lowest BCUT2D eigenvalue weighted by Gasteiger charge is -2.30. The van der Waals surface area contributed by atoms with Gasteiger partial charge in [-0.3, -0.25) is 9.59 Å². The normalized spacial score (nSPS) is 19.7. The fourth-order valence-electron chi connectivity index (χ4n) is 3.19. The van der Waals surface area contributed by atoms with Crippen LogP contribution in [0, 0.1) is 6.92 Å². The van der Waals surface area contributed by atoms with Crippen molar-refractivity contribution in [3.8, 4) is 0 Å². The predicted molar refractivity (Wildman–Crippen MR) is 89.6 cm³/mol. The van der Waals surface area contributed by atoms with Crippen LogP contribution in [0.15, 0.2) is 35.1 Å². The second-order valence-electron chi connectivity index (χ2n) is 6.45. The molecule has 0 aliphatic heterocycles. The Labute approximate surface area is 147 Å². The third-order valence-corrected chi connectivity index (χ3v) is 4.55. The Balaban J connectivity index is 1.86. The Morgan fingerprint density at radius 3 is 2.58 bits per heavy atom. The summed E-state index contributed by atoms with van der Waals surface area (Å²) in [6.07, 6.45) is -3.43. The van der Waals surface area contributed by atoms with Crippen LogP contribution in [0.1, 0.15) is 57.7 Å². The minimum atomic E-state index is -4.68. The van der Waals surface area contributed by atoms with Gasteiger partial charge in [-0.1, -0.05) is 23.8 Å². The number of amides is 1. The summed E-state index contributed by atoms with van der Waals surface area (Å²) >= 11 is 0. The molecular weight excluding hydrogens is 347 g/mol. The first-order chi connectivity index (χ1) is 12.2. The molecule has 4 N–H and O–H groups in total. The van der Waals surface area contributed by atoms with Crippen LogP contribution < -0.4 is 16.6 Å². The van der Waals surface area contributed by atoms with E-state index in [-0.39, 0.29) is 17.6 Å². The molecule has 1 aromatic heterocycles. The molecule has 0 saturated heterocycles. The fraction of sp³-hybridized carbons (Fsp3) is 0.333. The molecule has 1 heterocycles. The van der Waals surface area contributed by atoms with Crippen molar-refractivity contribution in [2.45, 2.75) is 38.0 Å². The molecule has 1 aromatic carbocycles. The molecular formula is C18H18F3N3O2. The molecule has 1 amide bonds. The number of fused-ring (bicyclic) bond motifs is 1. The van der Waals surface area contributed by atoms with Crippen LogP contribution >= 0.6 is 0 Å². The highest BCUT2D eigenvalue weighted by atomic mass is 19.4. The zero-order chi connectivity index (χ0) is 19.1. The third-order valence-electron chi connectivity index (χ3n) is 4.55. The van der Waals surface area contributed by atoms with E-state index in [4.69, 9.17) is 5.73 Å². The highest BCUT2D eigenvalue weighted by molar-refractivity contribution is 5.94. The maximum atomic E-state index is 12.6. The van der Waals surface area contributed by atoms with Crippen molar-refractivity contribution in [2.24, 2.45) is 5.73 Å². The smallest absolute Gasteiger partial charge is 0.345 e. The summed E-state index contributed by atoms with van der Waals surface area (Å²) in [6, 6.07) is 6.84. The summed E-state index contributed by atoms with van der Waals surface area (Å²) in [4.78, 5) is 26.0. The molecule has 0 unspecified atom stereocenters. The monoisotopic (exact) mass is 365 g/mol. The number of hydrogen-bond acceptors (Lipinski definition) is 3. The Morgan fingerprint density at radius 1 is 1.19 bits per heavy atom. The molecule has 0 fully saturated rings. The van der Waals surface area contributed by atoms with Gasteiger partial charge in [0.15, 0.2) is 0 Å². The van der Waals surface area contributed by atoms with Crippen LogP contribution in [-0.4, -0.2) is 10.9 Å². The fourth-order valence-corrected chi connectivity index (χ4v) is 3.19. The number of aryl methyl sites for hydroxylation is 1. The molecule has 0 saturated carbocycles. The van der Waals surface area contributed by atoms with E-state index in [0.717, 1.165) is 22.8 Å². The molecule has 0 bridgehead atoms. The molecule has 8 heteroatoms. The number of nitrogens with two attached hydrogens (primary N) is 1. The highest BCUT2D eigenvalue weighted by Crippen LogP contribution is 2.35. The molecule has 1 aliphatic carbocycles. The third kappa shape index (κ3) is 3.50. The second kappa shape index (κ2) is 6.60. The molecule has 0 spiro atoms. The molecule has 2 atom stereocenters. The van der Waals surface area contributed by atoms with Crippen molar-refractivity contribution >= 4 is 5.91 Å². The number of alkyl halides is 3. The van der Waals surface area contributed by atoms with E-state index in [0.29, 0.717) is 18.9 Å². The Kier molecular flexibility index (Phi) is 4.62. The number of aromatic nitrogens is 1. The van der Waals surface area contributed by atoms with Crippen LogP contribution in [0.2, 0.25) is 0 Å². The summed E-state index contributed by atoms with van der Waals surface area (Å²) in [5.41, 5.74) is 6.35. The molecule has 3 rings (SSSR count). The van der Waals surface area contributed by atoms with Crippen molar-refractivity contribution in [2.75, 3.05) is 0 Å². The van der Waals surface area contributed by atoms with Crippen molar-refractivity contribution in [1.82, 2.24) is 10.3 Å². The molecule has 5 nitrogen and oxygen atoms in total. The number of carbonyl (C=O) groups excluding carboxylic acids is 1. The van der Waals surface area contributed by atoms with Gasteiger partial charge in [0.25, 0.3) is 11.5 Å². The van der Waals surface area contributed by atoms with Crippen LogP contribution in [0.5, 0.6) is 0 Å². The number of halogens is 3. The van der Waals surface area contributed by atoms with E-state index in [1.165, 1.54) is 0 Å². The number of aromatic amines is 1. The minimum Gasteiger partial charge on any atom is -0.345 e. The van der Waals surface area contributed by atoms with Gasteiger partial charge in [-0.05, 0) is 43.0 Å². The van der Waals surface area contributed by atoms with Gasteiger partial charge in [0.1, 0.15) is 11.3 Å². The largest absolute Gasteiger partial charge is 0.431 e. The topological polar surface area (TPSA) is 88.0 Å². The molecule has 0 radical (unpaired) electrons. The Morgan fingerprint density at radius 2 is 1.92 bits per heavy atom. The Hall–Kier alpha value is -2.61. The zero-order valence-corrected chi connectivity index (χ0v) is 14.0. The Bertz CT molecular complexity index is 905. The lowest BCUT2D eigenvalue weighted by atomic mass is 9.83. The first kappa shape index (κ1) is 18.2. The van der Waals surface area contributed by atoms with Gasteiger partial charge < -0.3 is 16.0 Å². The SMILES string of the molecule is Cc1ccc2c(c1)[C@@H](N)CC[C@H]2NC(=O)c1ccc(C(F)(F)F)[nH]c1=O. The van der Waals surface area contributed by atoms with Crippen LogP contribution in [0.25, 0.3) is 0 Å². The van der Waals surface area contributed by atoms with Crippen LogP contribution in [0.3, 0.4) is 0 Å². The predicted octanol–water partition coefficient (Wildman–Crippen LogP) is 2.97. The number of carbonyl (C=O) groups is 1. The summed E-state index contributed by atoms with van der Waals surface area (Å²) in [5, 5.41) is 2.73. The first-order valence-corrected chi connectivity index (χ1v) is 8.14. The first-order valence-electron chi connectivity index (χ1n) is 8.14. The number of nitrogens with one attached hydrogen (secondary N) is 2. The van der Waals surface area contributed by atoms with Gasteiger partial charge in [0, 0.05) is 6.04 Å². The number of rotatable bonds is 2. The highest BCUT2D eigenvalue weighted by Gasteiger charge is 2.33. The number of pyridine rings is 1. The standard InChI is InChI=1S/C18H18F3N3O2/c1-9-2-3-10-12(8-9)13(22)5-6-14(10)23-16(25)11-4-7-15(18(19,20)21)24-17(11)26/h2-4,7-8,13-14H,5-6,22H2,1H3,(H,23,25)(H,24,26)/t13-,14+/m0/s1. The number of benzene rings is 1. The summed E-state index contributed by atoms with van der Waals surface area (Å²) in [6.45, 7) is 1.94. The van der Waals surface area contributed by atoms with Crippen molar-refractivity contribution < 1.29 is 18.0 Å². The van der Waals surface area contributed by atoms with E-state index >= 15 is 0 Å². The van der Waals surface area contributed by atoms with Gasteiger partial charge in [-0.25, -0.2) is 0 Å². The van der Waals surface area contributed by atoms with Crippen molar-refractivity contribution in [3.05, 3.63) is 68.6 Å². The van der Waals surface area contributed by atoms with Gasteiger partial charge in [0.05, 0.1) is 6.04 Å². The summed E-state index contributed by atoms with van der Waals surface area (Å²) < 4.78 is 37.9. The number of H-pyrrole nitrogens is 1. The van der Waals surface area contributed by atoms with E-state index in [1.54, 1.807) is 4.98 Å². The average Bonchev–Trinajstić information content (AvgIpc) is 2.56. The van der Waals surface area contributed by atoms with Crippen molar-refractivity contribution in [3.63, 3.8) is 0 Å².